The van der Waals surface area contributed by atoms with Crippen molar-refractivity contribution in [3.63, 3.8) is 0 Å². The third-order valence-corrected chi connectivity index (χ3v) is 4.06. The Morgan fingerprint density at radius 2 is 2.09 bits per heavy atom. The van der Waals surface area contributed by atoms with E-state index >= 15 is 0 Å². The number of hydrogen-bond donors (Lipinski definition) is 0. The van der Waals surface area contributed by atoms with E-state index in [1.54, 1.807) is 4.68 Å². The zero-order valence-electron chi connectivity index (χ0n) is 11.8. The summed E-state index contributed by atoms with van der Waals surface area (Å²) >= 11 is 2.10. The first-order chi connectivity index (χ1) is 11.0. The summed E-state index contributed by atoms with van der Waals surface area (Å²) in [5, 5.41) is 14.9. The van der Waals surface area contributed by atoms with E-state index in [0.717, 1.165) is 3.70 Å². The second-order valence-electron chi connectivity index (χ2n) is 4.97. The first-order valence-electron chi connectivity index (χ1n) is 6.78. The van der Waals surface area contributed by atoms with E-state index in [1.807, 2.05) is 12.3 Å². The van der Waals surface area contributed by atoms with Crippen molar-refractivity contribution in [2.75, 3.05) is 13.2 Å². The van der Waals surface area contributed by atoms with Crippen molar-refractivity contribution in [3.05, 3.63) is 55.9 Å². The summed E-state index contributed by atoms with van der Waals surface area (Å²) in [6, 6.07) is 6.98. The number of non-ortho nitro benzene ring substituents is 1. The van der Waals surface area contributed by atoms with E-state index in [-0.39, 0.29) is 17.3 Å². The van der Waals surface area contributed by atoms with Crippen LogP contribution in [0.5, 0.6) is 0 Å². The van der Waals surface area contributed by atoms with E-state index < -0.39 is 17.0 Å². The van der Waals surface area contributed by atoms with E-state index in [0.29, 0.717) is 13.2 Å². The normalized spacial score (nSPS) is 20.4. The van der Waals surface area contributed by atoms with Crippen LogP contribution in [0.1, 0.15) is 16.4 Å². The zero-order chi connectivity index (χ0) is 16.4. The number of hydrogen-bond acceptors (Lipinski definition) is 6. The number of carbonyl (C=O) groups is 1. The Hall–Kier alpha value is -2.01. The number of carbonyl (C=O) groups excluding carboxylic acids is 1. The predicted octanol–water partition coefficient (Wildman–Crippen LogP) is 2.19. The van der Waals surface area contributed by atoms with Gasteiger partial charge in [0.05, 0.1) is 23.7 Å². The van der Waals surface area contributed by atoms with Gasteiger partial charge in [-0.2, -0.15) is 5.10 Å². The van der Waals surface area contributed by atoms with Crippen LogP contribution >= 0.6 is 22.6 Å². The van der Waals surface area contributed by atoms with Gasteiger partial charge in [-0.3, -0.25) is 14.8 Å². The summed E-state index contributed by atoms with van der Waals surface area (Å²) in [4.78, 5) is 22.3. The van der Waals surface area contributed by atoms with Gasteiger partial charge in [-0.15, -0.1) is 0 Å². The average Bonchev–Trinajstić information content (AvgIpc) is 3.16. The number of nitrogens with zero attached hydrogens (tertiary/aromatic N) is 3. The Morgan fingerprint density at radius 1 is 1.35 bits per heavy atom. The third kappa shape index (κ3) is 3.50. The van der Waals surface area contributed by atoms with Crippen LogP contribution in [-0.4, -0.2) is 40.0 Å². The minimum absolute atomic E-state index is 0.0743. The van der Waals surface area contributed by atoms with Crippen LogP contribution in [0.25, 0.3) is 0 Å². The molecule has 1 saturated heterocycles. The predicted molar refractivity (Wildman–Crippen MR) is 87.1 cm³/mol. The molecule has 1 aliphatic heterocycles. The number of esters is 1. The molecule has 1 aromatic heterocycles. The molecule has 1 aromatic carbocycles. The lowest BCUT2D eigenvalue weighted by molar-refractivity contribution is -0.384. The maximum absolute atomic E-state index is 12.2. The minimum Gasteiger partial charge on any atom is -0.454 e. The van der Waals surface area contributed by atoms with Crippen LogP contribution < -0.4 is 0 Å². The van der Waals surface area contributed by atoms with Crippen molar-refractivity contribution in [1.29, 1.82) is 0 Å². The first kappa shape index (κ1) is 15.9. The number of nitro groups is 1. The molecule has 0 saturated carbocycles. The van der Waals surface area contributed by atoms with Gasteiger partial charge >= 0.3 is 5.97 Å². The lowest BCUT2D eigenvalue weighted by atomic mass is 10.2. The highest BCUT2D eigenvalue weighted by atomic mass is 127. The lowest BCUT2D eigenvalue weighted by Gasteiger charge is -2.18. The van der Waals surface area contributed by atoms with Crippen LogP contribution in [0, 0.1) is 13.8 Å². The van der Waals surface area contributed by atoms with Crippen molar-refractivity contribution in [3.8, 4) is 0 Å². The topological polar surface area (TPSA) is 96.5 Å². The van der Waals surface area contributed by atoms with Gasteiger partial charge in [-0.05, 0) is 40.8 Å². The molecule has 9 heteroatoms. The summed E-state index contributed by atoms with van der Waals surface area (Å²) in [7, 11) is 0. The number of ether oxygens (including phenoxy) is 2. The molecule has 0 radical (unpaired) electrons. The van der Waals surface area contributed by atoms with Crippen molar-refractivity contribution in [1.82, 2.24) is 9.78 Å². The van der Waals surface area contributed by atoms with E-state index in [4.69, 9.17) is 9.47 Å². The lowest BCUT2D eigenvalue weighted by Crippen LogP contribution is -2.28. The molecule has 0 aliphatic carbocycles. The van der Waals surface area contributed by atoms with Gasteiger partial charge in [-0.1, -0.05) is 0 Å². The second-order valence-corrected chi connectivity index (χ2v) is 6.08. The maximum Gasteiger partial charge on any atom is 0.338 e. The van der Waals surface area contributed by atoms with Crippen molar-refractivity contribution < 1.29 is 19.2 Å². The second kappa shape index (κ2) is 6.62. The number of aromatic nitrogens is 2. The Morgan fingerprint density at radius 3 is 2.70 bits per heavy atom. The number of rotatable bonds is 4. The van der Waals surface area contributed by atoms with Crippen LogP contribution in [0.4, 0.5) is 5.69 Å². The van der Waals surface area contributed by atoms with Gasteiger partial charge in [0.15, 0.2) is 0 Å². The minimum atomic E-state index is -0.540. The summed E-state index contributed by atoms with van der Waals surface area (Å²) in [6.45, 7) is 0.704. The Kier molecular flexibility index (Phi) is 4.57. The summed E-state index contributed by atoms with van der Waals surface area (Å²) in [5.41, 5.74) is 0.186. The van der Waals surface area contributed by atoms with Gasteiger partial charge < -0.3 is 9.47 Å². The number of benzene rings is 1. The van der Waals surface area contributed by atoms with Crippen LogP contribution in [-0.2, 0) is 9.47 Å². The Labute approximate surface area is 144 Å². The molecule has 1 aliphatic rings. The summed E-state index contributed by atoms with van der Waals surface area (Å²) < 4.78 is 13.4. The van der Waals surface area contributed by atoms with E-state index in [9.17, 15) is 14.9 Å². The molecule has 8 nitrogen and oxygen atoms in total. The van der Waals surface area contributed by atoms with Crippen LogP contribution in [0.15, 0.2) is 36.5 Å². The smallest absolute Gasteiger partial charge is 0.338 e. The average molecular weight is 429 g/mol. The fourth-order valence-corrected chi connectivity index (χ4v) is 2.72. The van der Waals surface area contributed by atoms with Gasteiger partial charge in [0.1, 0.15) is 15.8 Å². The molecule has 23 heavy (non-hydrogen) atoms. The standard InChI is InChI=1S/C14H12IN3O5/c15-13-5-6-17(16-13)11-7-22-8-12(11)23-14(19)9-1-3-10(4-2-9)18(20)21/h1-6,11-12H,7-8H2/t11?,12-/m1/s1. The summed E-state index contributed by atoms with van der Waals surface area (Å²) in [6.07, 6.45) is 1.36. The fourth-order valence-electron chi connectivity index (χ4n) is 2.31. The van der Waals surface area contributed by atoms with Crippen LogP contribution in [0.3, 0.4) is 0 Å². The van der Waals surface area contributed by atoms with Crippen molar-refractivity contribution >= 4 is 34.2 Å². The van der Waals surface area contributed by atoms with Gasteiger partial charge in [0.25, 0.3) is 5.69 Å². The number of nitro benzene ring substituents is 1. The molecular formula is C14H12IN3O5. The molecule has 1 unspecified atom stereocenters. The highest BCUT2D eigenvalue weighted by Gasteiger charge is 2.34. The Bertz CT molecular complexity index is 730. The monoisotopic (exact) mass is 429 g/mol. The maximum atomic E-state index is 12.2. The van der Waals surface area contributed by atoms with Gasteiger partial charge in [0.2, 0.25) is 0 Å². The third-order valence-electron chi connectivity index (χ3n) is 3.49. The van der Waals surface area contributed by atoms with Crippen LogP contribution in [0.2, 0.25) is 0 Å². The molecule has 0 N–H and O–H groups in total. The molecule has 0 amide bonds. The molecule has 2 aromatic rings. The molecule has 0 bridgehead atoms. The highest BCUT2D eigenvalue weighted by Crippen LogP contribution is 2.24. The van der Waals surface area contributed by atoms with E-state index in [1.165, 1.54) is 24.3 Å². The number of halogens is 1. The molecular weight excluding hydrogens is 417 g/mol. The van der Waals surface area contributed by atoms with Crippen molar-refractivity contribution in [2.24, 2.45) is 0 Å². The summed E-state index contributed by atoms with van der Waals surface area (Å²) in [5.74, 6) is -0.540. The first-order valence-corrected chi connectivity index (χ1v) is 7.86. The molecule has 2 heterocycles. The molecule has 0 spiro atoms. The quantitative estimate of drug-likeness (QED) is 0.320. The largest absolute Gasteiger partial charge is 0.454 e. The molecule has 120 valence electrons. The zero-order valence-corrected chi connectivity index (χ0v) is 14.0. The Balaban J connectivity index is 1.70. The van der Waals surface area contributed by atoms with E-state index in [2.05, 4.69) is 27.7 Å². The molecule has 3 rings (SSSR count). The van der Waals surface area contributed by atoms with Gasteiger partial charge in [-0.25, -0.2) is 4.79 Å². The SMILES string of the molecule is O=C(O[C@@H]1COCC1n1ccc(I)n1)c1ccc([N+](=O)[O-])cc1. The molecule has 2 atom stereocenters. The molecule has 1 fully saturated rings. The van der Waals surface area contributed by atoms with Gasteiger partial charge in [0, 0.05) is 18.3 Å². The van der Waals surface area contributed by atoms with Crippen molar-refractivity contribution in [2.45, 2.75) is 12.1 Å². The fraction of sp³-hybridized carbons (Fsp3) is 0.286. The highest BCUT2D eigenvalue weighted by molar-refractivity contribution is 14.1.